The molecule has 2 saturated heterocycles. The summed E-state index contributed by atoms with van der Waals surface area (Å²) in [4.78, 5) is 12.4. The van der Waals surface area contributed by atoms with E-state index >= 15 is 0 Å². The normalized spacial score (nSPS) is 28.8. The van der Waals surface area contributed by atoms with E-state index in [4.69, 9.17) is 0 Å². The van der Waals surface area contributed by atoms with Gasteiger partial charge >= 0.3 is 0 Å². The molecule has 8 heteroatoms. The second-order valence-electron chi connectivity index (χ2n) is 6.41. The number of amides is 1. The number of nitrogens with one attached hydrogen (secondary N) is 1. The number of sulfonamides is 1. The van der Waals surface area contributed by atoms with Crippen LogP contribution >= 0.6 is 0 Å². The van der Waals surface area contributed by atoms with Gasteiger partial charge in [-0.15, -0.1) is 0 Å². The number of aryl methyl sites for hydroxylation is 2. The lowest BCUT2D eigenvalue weighted by molar-refractivity contribution is 0.0900. The summed E-state index contributed by atoms with van der Waals surface area (Å²) in [6.07, 6.45) is 4.41. The molecule has 122 valence electrons. The van der Waals surface area contributed by atoms with E-state index in [1.165, 1.54) is 6.26 Å². The Balaban J connectivity index is 1.69. The lowest BCUT2D eigenvalue weighted by atomic mass is 9.99. The first kappa shape index (κ1) is 15.5. The van der Waals surface area contributed by atoms with Crippen LogP contribution in [0.3, 0.4) is 0 Å². The quantitative estimate of drug-likeness (QED) is 0.872. The molecule has 2 aliphatic heterocycles. The molecule has 2 bridgehead atoms. The van der Waals surface area contributed by atoms with Gasteiger partial charge in [-0.1, -0.05) is 0 Å². The lowest BCUT2D eigenvalue weighted by Gasteiger charge is -2.37. The highest BCUT2D eigenvalue weighted by Crippen LogP contribution is 2.37. The number of rotatable bonds is 3. The maximum Gasteiger partial charge on any atom is 0.269 e. The third kappa shape index (κ3) is 2.77. The zero-order valence-corrected chi connectivity index (χ0v) is 13.9. The number of hydrogen-bond donors (Lipinski definition) is 1. The van der Waals surface area contributed by atoms with Gasteiger partial charge in [-0.05, 0) is 38.7 Å². The molecule has 0 radical (unpaired) electrons. The number of carbonyl (C=O) groups excluding carboxylic acids is 1. The van der Waals surface area contributed by atoms with Crippen molar-refractivity contribution in [2.24, 2.45) is 7.05 Å². The first-order valence-corrected chi connectivity index (χ1v) is 9.40. The molecule has 0 saturated carbocycles. The third-order valence-electron chi connectivity index (χ3n) is 4.62. The van der Waals surface area contributed by atoms with Crippen LogP contribution in [0.2, 0.25) is 0 Å². The number of carbonyl (C=O) groups is 1. The van der Waals surface area contributed by atoms with Crippen LogP contribution in [-0.4, -0.2) is 52.8 Å². The van der Waals surface area contributed by atoms with Gasteiger partial charge in [-0.25, -0.2) is 8.42 Å². The minimum Gasteiger partial charge on any atom is -0.348 e. The Labute approximate surface area is 130 Å². The fourth-order valence-corrected chi connectivity index (χ4v) is 5.34. The van der Waals surface area contributed by atoms with Gasteiger partial charge in [0.1, 0.15) is 5.69 Å². The molecule has 7 nitrogen and oxygen atoms in total. The summed E-state index contributed by atoms with van der Waals surface area (Å²) in [7, 11) is -1.41. The van der Waals surface area contributed by atoms with Crippen molar-refractivity contribution in [1.82, 2.24) is 19.4 Å². The molecule has 1 aromatic rings. The highest BCUT2D eigenvalue weighted by atomic mass is 32.2. The van der Waals surface area contributed by atoms with E-state index in [1.807, 2.05) is 6.92 Å². The molecule has 2 aliphatic rings. The fourth-order valence-electron chi connectivity index (χ4n) is 3.88. The molecule has 1 amide bonds. The Kier molecular flexibility index (Phi) is 3.76. The largest absolute Gasteiger partial charge is 0.348 e. The average molecular weight is 326 g/mol. The molecule has 3 atom stereocenters. The van der Waals surface area contributed by atoms with E-state index in [1.54, 1.807) is 22.1 Å². The van der Waals surface area contributed by atoms with E-state index in [2.05, 4.69) is 10.4 Å². The molecule has 0 aliphatic carbocycles. The second kappa shape index (κ2) is 5.34. The first-order chi connectivity index (χ1) is 10.3. The molecule has 2 fully saturated rings. The maximum atomic E-state index is 12.4. The van der Waals surface area contributed by atoms with Gasteiger partial charge in [0.15, 0.2) is 0 Å². The van der Waals surface area contributed by atoms with Gasteiger partial charge < -0.3 is 5.32 Å². The van der Waals surface area contributed by atoms with Crippen molar-refractivity contribution in [2.45, 2.75) is 50.7 Å². The van der Waals surface area contributed by atoms with E-state index in [-0.39, 0.29) is 24.0 Å². The van der Waals surface area contributed by atoms with E-state index in [0.29, 0.717) is 18.5 Å². The molecule has 3 rings (SSSR count). The average Bonchev–Trinajstić information content (AvgIpc) is 2.87. The molecular weight excluding hydrogens is 304 g/mol. The van der Waals surface area contributed by atoms with Crippen LogP contribution in [0, 0.1) is 6.92 Å². The van der Waals surface area contributed by atoms with Crippen LogP contribution in [0.1, 0.15) is 41.9 Å². The van der Waals surface area contributed by atoms with E-state index in [9.17, 15) is 13.2 Å². The fraction of sp³-hybridized carbons (Fsp3) is 0.714. The molecule has 0 aromatic carbocycles. The summed E-state index contributed by atoms with van der Waals surface area (Å²) < 4.78 is 27.0. The predicted molar refractivity (Wildman–Crippen MR) is 81.9 cm³/mol. The SMILES string of the molecule is Cc1cc(C(=O)NC2C[C@H]3CC[C@@H](C2)N3S(C)(=O)=O)n(C)n1. The van der Waals surface area contributed by atoms with Gasteiger partial charge in [0, 0.05) is 25.2 Å². The minimum atomic E-state index is -3.16. The minimum absolute atomic E-state index is 0.0207. The summed E-state index contributed by atoms with van der Waals surface area (Å²) in [6.45, 7) is 1.85. The first-order valence-electron chi connectivity index (χ1n) is 7.55. The lowest BCUT2D eigenvalue weighted by Crippen LogP contribution is -2.52. The number of piperidine rings is 1. The Morgan fingerprint density at radius 2 is 1.91 bits per heavy atom. The molecule has 3 heterocycles. The molecular formula is C14H22N4O3S. The van der Waals surface area contributed by atoms with Gasteiger partial charge in [0.2, 0.25) is 10.0 Å². The van der Waals surface area contributed by atoms with Crippen molar-refractivity contribution >= 4 is 15.9 Å². The molecule has 1 N–H and O–H groups in total. The second-order valence-corrected chi connectivity index (χ2v) is 8.30. The number of aromatic nitrogens is 2. The van der Waals surface area contributed by atoms with Crippen LogP contribution in [0.5, 0.6) is 0 Å². The van der Waals surface area contributed by atoms with Crippen LogP contribution in [-0.2, 0) is 17.1 Å². The molecule has 0 spiro atoms. The van der Waals surface area contributed by atoms with Crippen molar-refractivity contribution in [3.05, 3.63) is 17.5 Å². The van der Waals surface area contributed by atoms with Gasteiger partial charge in [-0.3, -0.25) is 9.48 Å². The summed E-state index contributed by atoms with van der Waals surface area (Å²) in [5.41, 5.74) is 1.34. The Morgan fingerprint density at radius 1 is 1.32 bits per heavy atom. The standard InChI is InChI=1S/C14H22N4O3S/c1-9-6-13(17(2)16-9)14(19)15-10-7-11-4-5-12(8-10)18(11)22(3,20)21/h6,10-12H,4-5,7-8H2,1-3H3,(H,15,19)/t10?,11-,12+. The van der Waals surface area contributed by atoms with Gasteiger partial charge in [0.25, 0.3) is 5.91 Å². The topological polar surface area (TPSA) is 84.3 Å². The summed E-state index contributed by atoms with van der Waals surface area (Å²) in [5, 5.41) is 7.22. The molecule has 1 unspecified atom stereocenters. The Bertz CT molecular complexity index is 683. The van der Waals surface area contributed by atoms with Crippen LogP contribution < -0.4 is 5.32 Å². The Morgan fingerprint density at radius 3 is 2.36 bits per heavy atom. The van der Waals surface area contributed by atoms with E-state index in [0.717, 1.165) is 18.5 Å². The molecule has 22 heavy (non-hydrogen) atoms. The van der Waals surface area contributed by atoms with Crippen LogP contribution in [0.15, 0.2) is 6.07 Å². The summed E-state index contributed by atoms with van der Waals surface area (Å²) in [5.74, 6) is -0.139. The zero-order valence-electron chi connectivity index (χ0n) is 13.1. The van der Waals surface area contributed by atoms with Crippen LogP contribution in [0.25, 0.3) is 0 Å². The Hall–Kier alpha value is -1.41. The molecule has 1 aromatic heterocycles. The van der Waals surface area contributed by atoms with Crippen molar-refractivity contribution in [1.29, 1.82) is 0 Å². The van der Waals surface area contributed by atoms with Crippen molar-refractivity contribution in [3.63, 3.8) is 0 Å². The van der Waals surface area contributed by atoms with Crippen molar-refractivity contribution in [3.8, 4) is 0 Å². The summed E-state index contributed by atoms with van der Waals surface area (Å²) in [6, 6.07) is 1.83. The monoisotopic (exact) mass is 326 g/mol. The van der Waals surface area contributed by atoms with E-state index < -0.39 is 10.0 Å². The highest BCUT2D eigenvalue weighted by molar-refractivity contribution is 7.88. The number of hydrogen-bond acceptors (Lipinski definition) is 4. The van der Waals surface area contributed by atoms with Crippen molar-refractivity contribution in [2.75, 3.05) is 6.26 Å². The smallest absolute Gasteiger partial charge is 0.269 e. The zero-order chi connectivity index (χ0) is 16.1. The third-order valence-corrected chi connectivity index (χ3v) is 5.98. The predicted octanol–water partition coefficient (Wildman–Crippen LogP) is 0.413. The van der Waals surface area contributed by atoms with Crippen molar-refractivity contribution < 1.29 is 13.2 Å². The highest BCUT2D eigenvalue weighted by Gasteiger charge is 2.45. The van der Waals surface area contributed by atoms with Crippen LogP contribution in [0.4, 0.5) is 0 Å². The maximum absolute atomic E-state index is 12.4. The summed E-state index contributed by atoms with van der Waals surface area (Å²) >= 11 is 0. The van der Waals surface area contributed by atoms with Gasteiger partial charge in [-0.2, -0.15) is 9.40 Å². The van der Waals surface area contributed by atoms with Gasteiger partial charge in [0.05, 0.1) is 11.9 Å². The number of nitrogens with zero attached hydrogens (tertiary/aromatic N) is 3. The number of fused-ring (bicyclic) bond motifs is 2.